The van der Waals surface area contributed by atoms with Crippen molar-refractivity contribution in [3.05, 3.63) is 64.8 Å². The number of aliphatic hydroxyl groups excluding tert-OH is 1. The molecule has 0 saturated carbocycles. The number of hydrogen-bond donors (Lipinski definition) is 2. The summed E-state index contributed by atoms with van der Waals surface area (Å²) in [5, 5.41) is 23.7. The fourth-order valence-electron chi connectivity index (χ4n) is 4.35. The standard InChI is InChI=1S/C23H27ClN2O3/c1-25-20-8-4-3-7-19(20)22(23(28,16-27)26-13-5-2-6-14-26)21(25)15-29-18-11-9-17(24)10-12-18/h3-4,7-12,27-28H,2,5-6,13-16H2,1H3. The van der Waals surface area contributed by atoms with Gasteiger partial charge in [-0.05, 0) is 43.2 Å². The number of ether oxygens (including phenoxy) is 1. The number of hydrogen-bond acceptors (Lipinski definition) is 4. The van der Waals surface area contributed by atoms with Crippen LogP contribution >= 0.6 is 11.6 Å². The third kappa shape index (κ3) is 3.76. The van der Waals surface area contributed by atoms with Crippen LogP contribution in [-0.2, 0) is 19.4 Å². The van der Waals surface area contributed by atoms with Gasteiger partial charge in [0.25, 0.3) is 0 Å². The lowest BCUT2D eigenvalue weighted by atomic mass is 9.95. The first-order valence-electron chi connectivity index (χ1n) is 10.1. The average Bonchev–Trinajstić information content (AvgIpc) is 3.06. The molecule has 5 nitrogen and oxygen atoms in total. The molecule has 0 radical (unpaired) electrons. The van der Waals surface area contributed by atoms with E-state index in [0.717, 1.165) is 54.5 Å². The van der Waals surface area contributed by atoms with Crippen molar-refractivity contribution in [2.75, 3.05) is 19.7 Å². The van der Waals surface area contributed by atoms with Crippen LogP contribution in [0.4, 0.5) is 0 Å². The molecule has 0 bridgehead atoms. The molecule has 154 valence electrons. The Kier molecular flexibility index (Phi) is 5.83. The van der Waals surface area contributed by atoms with Crippen molar-refractivity contribution in [1.29, 1.82) is 0 Å². The van der Waals surface area contributed by atoms with Gasteiger partial charge in [0.05, 0.1) is 12.3 Å². The van der Waals surface area contributed by atoms with Crippen LogP contribution < -0.4 is 4.74 Å². The maximum Gasteiger partial charge on any atom is 0.170 e. The minimum Gasteiger partial charge on any atom is -0.487 e. The number of fused-ring (bicyclic) bond motifs is 1. The molecular weight excluding hydrogens is 388 g/mol. The summed E-state index contributed by atoms with van der Waals surface area (Å²) in [4.78, 5) is 2.00. The van der Waals surface area contributed by atoms with Gasteiger partial charge in [0.2, 0.25) is 0 Å². The summed E-state index contributed by atoms with van der Waals surface area (Å²) in [5.41, 5.74) is 1.14. The van der Waals surface area contributed by atoms with E-state index in [1.807, 2.05) is 52.9 Å². The summed E-state index contributed by atoms with van der Waals surface area (Å²) in [6.07, 6.45) is 3.19. The molecule has 2 N–H and O–H groups in total. The van der Waals surface area contributed by atoms with Crippen molar-refractivity contribution < 1.29 is 14.9 Å². The van der Waals surface area contributed by atoms with E-state index < -0.39 is 5.72 Å². The number of rotatable bonds is 6. The molecule has 1 aliphatic rings. The summed E-state index contributed by atoms with van der Waals surface area (Å²) >= 11 is 5.97. The summed E-state index contributed by atoms with van der Waals surface area (Å²) in [7, 11) is 1.97. The maximum absolute atomic E-state index is 11.7. The van der Waals surface area contributed by atoms with Crippen molar-refractivity contribution in [3.8, 4) is 5.75 Å². The van der Waals surface area contributed by atoms with Crippen molar-refractivity contribution in [3.63, 3.8) is 0 Å². The molecule has 1 unspecified atom stereocenters. The van der Waals surface area contributed by atoms with Gasteiger partial charge in [0, 0.05) is 41.6 Å². The Balaban J connectivity index is 1.78. The zero-order valence-corrected chi connectivity index (χ0v) is 17.4. The lowest BCUT2D eigenvalue weighted by Gasteiger charge is -2.41. The van der Waals surface area contributed by atoms with Gasteiger partial charge in [0.15, 0.2) is 5.72 Å². The smallest absolute Gasteiger partial charge is 0.170 e. The van der Waals surface area contributed by atoms with Crippen LogP contribution in [0, 0.1) is 0 Å². The molecule has 6 heteroatoms. The Hall–Kier alpha value is -2.05. The van der Waals surface area contributed by atoms with Crippen LogP contribution in [0.3, 0.4) is 0 Å². The minimum absolute atomic E-state index is 0.276. The lowest BCUT2D eigenvalue weighted by Crippen LogP contribution is -2.51. The second-order valence-electron chi connectivity index (χ2n) is 7.66. The van der Waals surface area contributed by atoms with E-state index >= 15 is 0 Å². The molecule has 2 heterocycles. The van der Waals surface area contributed by atoms with Gasteiger partial charge >= 0.3 is 0 Å². The fourth-order valence-corrected chi connectivity index (χ4v) is 4.47. The fraction of sp³-hybridized carbons (Fsp3) is 0.391. The summed E-state index contributed by atoms with van der Waals surface area (Å²) < 4.78 is 8.08. The quantitative estimate of drug-likeness (QED) is 0.639. The number of halogens is 1. The average molecular weight is 415 g/mol. The second-order valence-corrected chi connectivity index (χ2v) is 8.10. The molecule has 3 aromatic rings. The van der Waals surface area contributed by atoms with E-state index in [2.05, 4.69) is 0 Å². The molecule has 1 aromatic heterocycles. The summed E-state index contributed by atoms with van der Waals surface area (Å²) in [6.45, 7) is 1.43. The van der Waals surface area contributed by atoms with E-state index in [4.69, 9.17) is 16.3 Å². The van der Waals surface area contributed by atoms with Gasteiger partial charge in [-0.2, -0.15) is 0 Å². The van der Waals surface area contributed by atoms with Gasteiger partial charge in [0.1, 0.15) is 12.4 Å². The number of aryl methyl sites for hydroxylation is 1. The molecule has 1 saturated heterocycles. The van der Waals surface area contributed by atoms with Gasteiger partial charge < -0.3 is 19.5 Å². The van der Waals surface area contributed by atoms with Crippen molar-refractivity contribution in [2.45, 2.75) is 31.6 Å². The number of aromatic nitrogens is 1. The number of para-hydroxylation sites is 1. The maximum atomic E-state index is 11.7. The van der Waals surface area contributed by atoms with E-state index in [9.17, 15) is 10.2 Å². The van der Waals surface area contributed by atoms with Gasteiger partial charge in [-0.15, -0.1) is 0 Å². The molecular formula is C23H27ClN2O3. The van der Waals surface area contributed by atoms with Crippen LogP contribution in [0.25, 0.3) is 10.9 Å². The molecule has 4 rings (SSSR count). The highest BCUT2D eigenvalue weighted by Gasteiger charge is 2.41. The van der Waals surface area contributed by atoms with Gasteiger partial charge in [-0.25, -0.2) is 0 Å². The third-order valence-corrected chi connectivity index (χ3v) is 6.17. The highest BCUT2D eigenvalue weighted by molar-refractivity contribution is 6.30. The minimum atomic E-state index is -1.44. The molecule has 2 aromatic carbocycles. The number of nitrogens with zero attached hydrogens (tertiary/aromatic N) is 2. The predicted molar refractivity (Wildman–Crippen MR) is 115 cm³/mol. The Labute approximate surface area is 176 Å². The van der Waals surface area contributed by atoms with Gasteiger partial charge in [-0.1, -0.05) is 36.2 Å². The molecule has 0 amide bonds. The van der Waals surface area contributed by atoms with Crippen molar-refractivity contribution in [2.24, 2.45) is 7.05 Å². The molecule has 1 atom stereocenters. The van der Waals surface area contributed by atoms with E-state index in [1.54, 1.807) is 12.1 Å². The predicted octanol–water partition coefficient (Wildman–Crippen LogP) is 4.03. The van der Waals surface area contributed by atoms with Crippen molar-refractivity contribution in [1.82, 2.24) is 9.47 Å². The number of piperidine rings is 1. The normalized spacial score (nSPS) is 17.4. The largest absolute Gasteiger partial charge is 0.487 e. The van der Waals surface area contributed by atoms with Crippen LogP contribution in [0.1, 0.15) is 30.5 Å². The zero-order chi connectivity index (χ0) is 20.4. The summed E-state index contributed by atoms with van der Waals surface area (Å²) in [5.74, 6) is 0.705. The van der Waals surface area contributed by atoms with Gasteiger partial charge in [-0.3, -0.25) is 4.90 Å². The van der Waals surface area contributed by atoms with Crippen LogP contribution in [-0.4, -0.2) is 39.4 Å². The molecule has 29 heavy (non-hydrogen) atoms. The van der Waals surface area contributed by atoms with E-state index in [-0.39, 0.29) is 13.2 Å². The molecule has 0 aliphatic carbocycles. The molecule has 1 fully saturated rings. The zero-order valence-electron chi connectivity index (χ0n) is 16.6. The second kappa shape index (κ2) is 8.36. The highest BCUT2D eigenvalue weighted by atomic mass is 35.5. The SMILES string of the molecule is Cn1c(COc2ccc(Cl)cc2)c(C(O)(CO)N2CCCCC2)c2ccccc21. The molecule has 1 aliphatic heterocycles. The van der Waals surface area contributed by atoms with E-state index in [1.165, 1.54) is 0 Å². The Morgan fingerprint density at radius 2 is 1.72 bits per heavy atom. The van der Waals surface area contributed by atoms with Crippen LogP contribution in [0.2, 0.25) is 5.02 Å². The summed E-state index contributed by atoms with van der Waals surface area (Å²) in [6, 6.07) is 15.2. The van der Waals surface area contributed by atoms with Crippen LogP contribution in [0.5, 0.6) is 5.75 Å². The van der Waals surface area contributed by atoms with Crippen molar-refractivity contribution >= 4 is 22.5 Å². The number of likely N-dealkylation sites (tertiary alicyclic amines) is 1. The first kappa shape index (κ1) is 20.2. The van der Waals surface area contributed by atoms with E-state index in [0.29, 0.717) is 10.8 Å². The topological polar surface area (TPSA) is 57.9 Å². The Morgan fingerprint density at radius 1 is 1.03 bits per heavy atom. The third-order valence-electron chi connectivity index (χ3n) is 5.92. The highest BCUT2D eigenvalue weighted by Crippen LogP contribution is 2.38. The number of benzene rings is 2. The first-order chi connectivity index (χ1) is 14.0. The molecule has 0 spiro atoms. The lowest BCUT2D eigenvalue weighted by molar-refractivity contribution is -0.152. The monoisotopic (exact) mass is 414 g/mol. The Morgan fingerprint density at radius 3 is 2.41 bits per heavy atom. The van der Waals surface area contributed by atoms with Crippen LogP contribution in [0.15, 0.2) is 48.5 Å². The first-order valence-corrected chi connectivity index (χ1v) is 10.5. The Bertz CT molecular complexity index is 980. The number of aliphatic hydroxyl groups is 2.